The van der Waals surface area contributed by atoms with Crippen molar-refractivity contribution in [3.8, 4) is 0 Å². The summed E-state index contributed by atoms with van der Waals surface area (Å²) >= 11 is 0. The Morgan fingerprint density at radius 1 is 1.07 bits per heavy atom. The van der Waals surface area contributed by atoms with Crippen LogP contribution in [0.1, 0.15) is 28.2 Å². The number of carbonyl (C=O) groups is 2. The lowest BCUT2D eigenvalue weighted by Crippen LogP contribution is -2.39. The van der Waals surface area contributed by atoms with Gasteiger partial charge in [-0.05, 0) is 26.3 Å². The minimum absolute atomic E-state index is 0.0134. The second kappa shape index (κ2) is 7.46. The van der Waals surface area contributed by atoms with Crippen molar-refractivity contribution in [3.63, 3.8) is 0 Å². The molecule has 4 rings (SSSR count). The highest BCUT2D eigenvalue weighted by Crippen LogP contribution is 2.17. The van der Waals surface area contributed by atoms with Crippen LogP contribution in [-0.2, 0) is 11.3 Å². The van der Waals surface area contributed by atoms with Gasteiger partial charge in [-0.25, -0.2) is 0 Å². The van der Waals surface area contributed by atoms with E-state index in [-0.39, 0.29) is 18.4 Å². The Bertz CT molecular complexity index is 969. The minimum Gasteiger partial charge on any atom is -0.361 e. The van der Waals surface area contributed by atoms with E-state index in [2.05, 4.69) is 10.3 Å². The van der Waals surface area contributed by atoms with Crippen molar-refractivity contribution in [1.82, 2.24) is 24.7 Å². The predicted octanol–water partition coefficient (Wildman–Crippen LogP) is 2.02. The zero-order valence-corrected chi connectivity index (χ0v) is 16.1. The first-order valence-corrected chi connectivity index (χ1v) is 9.45. The largest absolute Gasteiger partial charge is 0.361 e. The summed E-state index contributed by atoms with van der Waals surface area (Å²) in [6.45, 7) is 5.96. The van der Waals surface area contributed by atoms with Crippen molar-refractivity contribution in [3.05, 3.63) is 47.5 Å². The number of carbonyl (C=O) groups excluding carboxylic acids is 2. The molecule has 1 aromatic carbocycles. The molecule has 1 fully saturated rings. The third-order valence-corrected chi connectivity index (χ3v) is 5.14. The van der Waals surface area contributed by atoms with Crippen LogP contribution in [0.2, 0.25) is 0 Å². The molecule has 0 spiro atoms. The number of hydrogen-bond acceptors (Lipinski definition) is 5. The quantitative estimate of drug-likeness (QED) is 0.693. The van der Waals surface area contributed by atoms with Crippen LogP contribution in [0.15, 0.2) is 35.0 Å². The number of fused-ring (bicyclic) bond motifs is 1. The summed E-state index contributed by atoms with van der Waals surface area (Å²) < 4.78 is 6.80. The van der Waals surface area contributed by atoms with E-state index in [9.17, 15) is 9.59 Å². The van der Waals surface area contributed by atoms with Crippen LogP contribution >= 0.6 is 0 Å². The van der Waals surface area contributed by atoms with E-state index in [1.54, 1.807) is 23.4 Å². The lowest BCUT2D eigenvalue weighted by molar-refractivity contribution is -0.131. The Hall–Kier alpha value is -3.16. The van der Waals surface area contributed by atoms with Gasteiger partial charge < -0.3 is 14.3 Å². The van der Waals surface area contributed by atoms with Gasteiger partial charge in [0.05, 0.1) is 11.2 Å². The number of amides is 2. The fraction of sp³-hybridized carbons (Fsp3) is 0.400. The molecule has 0 saturated carbocycles. The first-order chi connectivity index (χ1) is 13.5. The Morgan fingerprint density at radius 3 is 2.57 bits per heavy atom. The van der Waals surface area contributed by atoms with E-state index in [0.717, 1.165) is 17.3 Å². The van der Waals surface area contributed by atoms with Gasteiger partial charge in [-0.15, -0.1) is 0 Å². The molecule has 28 heavy (non-hydrogen) atoms. The van der Waals surface area contributed by atoms with Crippen LogP contribution in [0, 0.1) is 13.8 Å². The molecule has 0 aliphatic carbocycles. The molecular weight excluding hydrogens is 358 g/mol. The molecule has 8 heteroatoms. The second-order valence-corrected chi connectivity index (χ2v) is 7.11. The van der Waals surface area contributed by atoms with Crippen LogP contribution in [-0.4, -0.2) is 62.7 Å². The number of nitrogens with zero attached hydrogens (tertiary/aromatic N) is 5. The zero-order chi connectivity index (χ0) is 19.7. The summed E-state index contributed by atoms with van der Waals surface area (Å²) in [5.74, 6) is 0.466. The number of hydrogen-bond donors (Lipinski definition) is 0. The van der Waals surface area contributed by atoms with Gasteiger partial charge >= 0.3 is 0 Å². The van der Waals surface area contributed by atoms with Crippen LogP contribution in [0.5, 0.6) is 0 Å². The molecule has 0 radical (unpaired) electrons. The second-order valence-electron chi connectivity index (χ2n) is 7.11. The summed E-state index contributed by atoms with van der Waals surface area (Å²) in [4.78, 5) is 29.2. The van der Waals surface area contributed by atoms with Gasteiger partial charge in [0.2, 0.25) is 5.91 Å². The maximum absolute atomic E-state index is 12.8. The lowest BCUT2D eigenvalue weighted by atomic mass is 10.1. The summed E-state index contributed by atoms with van der Waals surface area (Å²) in [6.07, 6.45) is 2.63. The molecular formula is C20H23N5O3. The van der Waals surface area contributed by atoms with E-state index in [4.69, 9.17) is 4.52 Å². The summed E-state index contributed by atoms with van der Waals surface area (Å²) in [5.41, 5.74) is 2.01. The minimum atomic E-state index is -0.0797. The van der Waals surface area contributed by atoms with E-state index in [0.29, 0.717) is 43.2 Å². The first-order valence-electron chi connectivity index (χ1n) is 9.45. The molecule has 0 N–H and O–H groups in total. The smallest absolute Gasteiger partial charge is 0.259 e. The van der Waals surface area contributed by atoms with Crippen molar-refractivity contribution in [1.29, 1.82) is 0 Å². The van der Waals surface area contributed by atoms with Crippen molar-refractivity contribution in [2.45, 2.75) is 26.8 Å². The predicted molar refractivity (Wildman–Crippen MR) is 103 cm³/mol. The highest BCUT2D eigenvalue weighted by Gasteiger charge is 2.26. The highest BCUT2D eigenvalue weighted by atomic mass is 16.5. The molecule has 2 amide bonds. The van der Waals surface area contributed by atoms with Crippen molar-refractivity contribution in [2.24, 2.45) is 0 Å². The number of aromatic nitrogens is 3. The molecule has 3 aromatic rings. The van der Waals surface area contributed by atoms with E-state index < -0.39 is 0 Å². The third-order valence-electron chi connectivity index (χ3n) is 5.14. The van der Waals surface area contributed by atoms with Crippen molar-refractivity contribution in [2.75, 3.05) is 26.2 Å². The average Bonchev–Trinajstić information content (AvgIpc) is 3.12. The first kappa shape index (κ1) is 18.2. The molecule has 1 aliphatic rings. The van der Waals surface area contributed by atoms with E-state index in [1.807, 2.05) is 35.4 Å². The molecule has 2 aromatic heterocycles. The number of aryl methyl sites for hydroxylation is 2. The van der Waals surface area contributed by atoms with Gasteiger partial charge in [-0.1, -0.05) is 23.4 Å². The van der Waals surface area contributed by atoms with Gasteiger partial charge in [-0.3, -0.25) is 14.3 Å². The average molecular weight is 381 g/mol. The summed E-state index contributed by atoms with van der Waals surface area (Å²) in [6, 6.07) is 7.80. The van der Waals surface area contributed by atoms with Gasteiger partial charge in [0.15, 0.2) is 0 Å². The molecule has 8 nitrogen and oxygen atoms in total. The van der Waals surface area contributed by atoms with Gasteiger partial charge in [0.25, 0.3) is 5.91 Å². The topological polar surface area (TPSA) is 84.5 Å². The molecule has 3 heterocycles. The SMILES string of the molecule is Cc1noc(C)c1C(=O)N1CCCN(C(=O)Cn2cc3ccccc3n2)CC1. The van der Waals surface area contributed by atoms with Gasteiger partial charge in [0, 0.05) is 37.8 Å². The lowest BCUT2D eigenvalue weighted by Gasteiger charge is -2.22. The summed E-state index contributed by atoms with van der Waals surface area (Å²) in [7, 11) is 0. The number of rotatable bonds is 3. The standard InChI is InChI=1S/C20H23N5O3/c1-14-19(15(2)28-22-14)20(27)24-9-5-8-23(10-11-24)18(26)13-25-12-16-6-3-4-7-17(16)21-25/h3-4,6-7,12H,5,8-11,13H2,1-2H3. The molecule has 0 unspecified atom stereocenters. The van der Waals surface area contributed by atoms with E-state index in [1.165, 1.54) is 0 Å². The van der Waals surface area contributed by atoms with Crippen LogP contribution in [0.4, 0.5) is 0 Å². The fourth-order valence-corrected chi connectivity index (χ4v) is 3.65. The Kier molecular flexibility index (Phi) is 4.85. The maximum atomic E-state index is 12.8. The third kappa shape index (κ3) is 3.49. The normalized spacial score (nSPS) is 15.1. The Balaban J connectivity index is 1.40. The molecule has 0 atom stereocenters. The van der Waals surface area contributed by atoms with Crippen molar-refractivity contribution < 1.29 is 14.1 Å². The molecule has 0 bridgehead atoms. The van der Waals surface area contributed by atoms with E-state index >= 15 is 0 Å². The van der Waals surface area contributed by atoms with Crippen LogP contribution in [0.25, 0.3) is 10.9 Å². The monoisotopic (exact) mass is 381 g/mol. The number of benzene rings is 1. The van der Waals surface area contributed by atoms with Crippen LogP contribution < -0.4 is 0 Å². The fourth-order valence-electron chi connectivity index (χ4n) is 3.65. The Morgan fingerprint density at radius 2 is 1.82 bits per heavy atom. The summed E-state index contributed by atoms with van der Waals surface area (Å²) in [5, 5.41) is 9.34. The maximum Gasteiger partial charge on any atom is 0.259 e. The molecule has 1 aliphatic heterocycles. The molecule has 1 saturated heterocycles. The Labute approximate surface area is 162 Å². The molecule has 146 valence electrons. The van der Waals surface area contributed by atoms with Gasteiger partial charge in [-0.2, -0.15) is 5.10 Å². The van der Waals surface area contributed by atoms with Gasteiger partial charge in [0.1, 0.15) is 17.9 Å². The zero-order valence-electron chi connectivity index (χ0n) is 16.1. The van der Waals surface area contributed by atoms with Crippen molar-refractivity contribution >= 4 is 22.7 Å². The van der Waals surface area contributed by atoms with Crippen LogP contribution in [0.3, 0.4) is 0 Å². The highest BCUT2D eigenvalue weighted by molar-refractivity contribution is 5.96.